The summed E-state index contributed by atoms with van der Waals surface area (Å²) in [6.45, 7) is 7.86. The zero-order chi connectivity index (χ0) is 21.6. The molecule has 0 spiro atoms. The minimum absolute atomic E-state index is 0.113. The molecule has 31 heavy (non-hydrogen) atoms. The highest BCUT2D eigenvalue weighted by Gasteiger charge is 2.28. The monoisotopic (exact) mass is 425 g/mol. The van der Waals surface area contributed by atoms with E-state index in [2.05, 4.69) is 29.3 Å². The predicted octanol–water partition coefficient (Wildman–Crippen LogP) is 5.45. The number of aromatic nitrogens is 1. The molecule has 1 saturated heterocycles. The zero-order valence-electron chi connectivity index (χ0n) is 19.0. The molecule has 2 unspecified atom stereocenters. The Balaban J connectivity index is 1.13. The van der Waals surface area contributed by atoms with Crippen molar-refractivity contribution in [3.05, 3.63) is 58.5 Å². The van der Waals surface area contributed by atoms with E-state index in [0.717, 1.165) is 75.3 Å². The number of aryl methyl sites for hydroxylation is 2. The van der Waals surface area contributed by atoms with Gasteiger partial charge in [0.15, 0.2) is 0 Å². The minimum atomic E-state index is -0.113. The highest BCUT2D eigenvalue weighted by molar-refractivity contribution is 5.47. The molecule has 2 atom stereocenters. The van der Waals surface area contributed by atoms with Gasteiger partial charge in [-0.2, -0.15) is 0 Å². The average Bonchev–Trinajstić information content (AvgIpc) is 3.26. The number of halogens is 1. The topological polar surface area (TPSA) is 37.4 Å². The molecule has 1 N–H and O–H groups in total. The van der Waals surface area contributed by atoms with Crippen molar-refractivity contribution in [2.24, 2.45) is 0 Å². The third-order valence-corrected chi connectivity index (χ3v) is 6.87. The Morgan fingerprint density at radius 3 is 3.03 bits per heavy atom. The van der Waals surface area contributed by atoms with Gasteiger partial charge in [0.2, 0.25) is 0 Å². The second-order valence-corrected chi connectivity index (χ2v) is 9.06. The number of pyridine rings is 1. The van der Waals surface area contributed by atoms with E-state index in [9.17, 15) is 4.39 Å². The molecule has 2 aromatic rings. The van der Waals surface area contributed by atoms with Crippen molar-refractivity contribution in [1.29, 1.82) is 0 Å². The number of hydrogen-bond donors (Lipinski definition) is 1. The fraction of sp³-hybridized carbons (Fsp3) is 0.577. The Kier molecular flexibility index (Phi) is 7.57. The number of likely N-dealkylation sites (tertiary alicyclic amines) is 1. The lowest BCUT2D eigenvalue weighted by atomic mass is 10.0. The first-order valence-corrected chi connectivity index (χ1v) is 11.9. The van der Waals surface area contributed by atoms with Crippen LogP contribution in [0.4, 0.5) is 10.2 Å². The molecule has 0 bridgehead atoms. The summed E-state index contributed by atoms with van der Waals surface area (Å²) in [7, 11) is 0. The molecule has 4 rings (SSSR count). The largest absolute Gasteiger partial charge is 0.377 e. The number of benzene rings is 1. The van der Waals surface area contributed by atoms with Gasteiger partial charge in [-0.25, -0.2) is 9.37 Å². The maximum atomic E-state index is 13.9. The van der Waals surface area contributed by atoms with Crippen LogP contribution in [-0.2, 0) is 17.6 Å². The van der Waals surface area contributed by atoms with E-state index >= 15 is 0 Å². The number of unbranched alkanes of at least 4 members (excludes halogenated alkanes) is 2. The Morgan fingerprint density at radius 1 is 1.23 bits per heavy atom. The first-order valence-electron chi connectivity index (χ1n) is 11.9. The van der Waals surface area contributed by atoms with Crippen molar-refractivity contribution in [3.63, 3.8) is 0 Å². The Hall–Kier alpha value is -1.98. The molecule has 1 aromatic heterocycles. The van der Waals surface area contributed by atoms with Crippen LogP contribution in [0.1, 0.15) is 67.5 Å². The van der Waals surface area contributed by atoms with E-state index in [4.69, 9.17) is 9.72 Å². The van der Waals surface area contributed by atoms with Gasteiger partial charge in [0, 0.05) is 38.0 Å². The van der Waals surface area contributed by atoms with Crippen molar-refractivity contribution in [2.45, 2.75) is 70.9 Å². The van der Waals surface area contributed by atoms with Crippen LogP contribution in [0.3, 0.4) is 0 Å². The number of ether oxygens (including phenoxy) is 1. The highest BCUT2D eigenvalue weighted by atomic mass is 19.1. The van der Waals surface area contributed by atoms with Crippen molar-refractivity contribution in [2.75, 3.05) is 31.6 Å². The Labute approximate surface area is 186 Å². The van der Waals surface area contributed by atoms with Gasteiger partial charge in [0.05, 0.1) is 6.10 Å². The third-order valence-electron chi connectivity index (χ3n) is 6.87. The molecule has 0 amide bonds. The van der Waals surface area contributed by atoms with Crippen molar-refractivity contribution < 1.29 is 9.13 Å². The Morgan fingerprint density at radius 2 is 2.13 bits per heavy atom. The smallest absolute Gasteiger partial charge is 0.129 e. The summed E-state index contributed by atoms with van der Waals surface area (Å²) in [6.07, 6.45) is 8.16. The lowest BCUT2D eigenvalue weighted by molar-refractivity contribution is 0.0532. The van der Waals surface area contributed by atoms with Gasteiger partial charge in [-0.05, 0) is 81.2 Å². The molecule has 0 radical (unpaired) electrons. The van der Waals surface area contributed by atoms with Crippen LogP contribution in [0.25, 0.3) is 0 Å². The summed E-state index contributed by atoms with van der Waals surface area (Å²) in [4.78, 5) is 7.20. The van der Waals surface area contributed by atoms with E-state index in [1.165, 1.54) is 24.1 Å². The van der Waals surface area contributed by atoms with Crippen LogP contribution in [0, 0.1) is 12.7 Å². The van der Waals surface area contributed by atoms with Crippen molar-refractivity contribution >= 4 is 5.82 Å². The molecule has 4 nitrogen and oxygen atoms in total. The normalized spacial score (nSPS) is 19.8. The van der Waals surface area contributed by atoms with Gasteiger partial charge < -0.3 is 10.1 Å². The van der Waals surface area contributed by atoms with Gasteiger partial charge in [0.25, 0.3) is 0 Å². The molecule has 0 aliphatic carbocycles. The van der Waals surface area contributed by atoms with E-state index in [-0.39, 0.29) is 11.9 Å². The van der Waals surface area contributed by atoms with Crippen LogP contribution in [0.5, 0.6) is 0 Å². The number of rotatable bonds is 9. The van der Waals surface area contributed by atoms with E-state index in [1.807, 2.05) is 19.1 Å². The summed E-state index contributed by atoms with van der Waals surface area (Å²) in [5.41, 5.74) is 4.41. The van der Waals surface area contributed by atoms with Gasteiger partial charge >= 0.3 is 0 Å². The van der Waals surface area contributed by atoms with Gasteiger partial charge in [0.1, 0.15) is 11.6 Å². The number of anilines is 1. The van der Waals surface area contributed by atoms with E-state index in [1.54, 1.807) is 6.07 Å². The Bertz CT molecular complexity index is 872. The maximum Gasteiger partial charge on any atom is 0.129 e. The van der Waals surface area contributed by atoms with Gasteiger partial charge in [-0.1, -0.05) is 24.6 Å². The van der Waals surface area contributed by atoms with Crippen molar-refractivity contribution in [1.82, 2.24) is 9.88 Å². The molecule has 1 fully saturated rings. The zero-order valence-corrected chi connectivity index (χ0v) is 19.0. The van der Waals surface area contributed by atoms with Gasteiger partial charge in [-0.3, -0.25) is 4.90 Å². The average molecular weight is 426 g/mol. The van der Waals surface area contributed by atoms with Gasteiger partial charge in [-0.15, -0.1) is 0 Å². The second-order valence-electron chi connectivity index (χ2n) is 9.06. The summed E-state index contributed by atoms with van der Waals surface area (Å²) in [5.74, 6) is 0.985. The number of nitrogens with zero attached hydrogens (tertiary/aromatic N) is 2. The SMILES string of the molecule is Cc1c(F)cccc1C(C)N1CCC(OCCCCCc2ccc3c(n2)NCCC3)C1. The molecular formula is C26H36FN3O. The maximum absolute atomic E-state index is 13.9. The molecule has 2 aliphatic heterocycles. The lowest BCUT2D eigenvalue weighted by Crippen LogP contribution is -2.27. The summed E-state index contributed by atoms with van der Waals surface area (Å²) in [6, 6.07) is 10.1. The number of nitrogens with one attached hydrogen (secondary N) is 1. The highest BCUT2D eigenvalue weighted by Crippen LogP contribution is 2.29. The van der Waals surface area contributed by atoms with Crippen LogP contribution in [-0.4, -0.2) is 42.2 Å². The van der Waals surface area contributed by atoms with E-state index < -0.39 is 0 Å². The second kappa shape index (κ2) is 10.6. The molecule has 2 aliphatic rings. The van der Waals surface area contributed by atoms with Crippen LogP contribution in [0.15, 0.2) is 30.3 Å². The molecular weight excluding hydrogens is 389 g/mol. The molecule has 1 aromatic carbocycles. The quantitative estimate of drug-likeness (QED) is 0.542. The van der Waals surface area contributed by atoms with Crippen molar-refractivity contribution in [3.8, 4) is 0 Å². The summed E-state index contributed by atoms with van der Waals surface area (Å²) >= 11 is 0. The lowest BCUT2D eigenvalue weighted by Gasteiger charge is -2.26. The number of fused-ring (bicyclic) bond motifs is 1. The van der Waals surface area contributed by atoms with E-state index in [0.29, 0.717) is 6.10 Å². The fourth-order valence-electron chi connectivity index (χ4n) is 4.86. The molecule has 0 saturated carbocycles. The van der Waals surface area contributed by atoms with Crippen LogP contribution in [0.2, 0.25) is 0 Å². The first-order chi connectivity index (χ1) is 15.1. The first kappa shape index (κ1) is 22.2. The number of hydrogen-bond acceptors (Lipinski definition) is 4. The standard InChI is InChI=1S/C26H36FN3O/c1-19-24(10-6-11-25(19)27)20(2)30-16-14-23(18-30)31-17-5-3-4-9-22-13-12-21-8-7-15-28-26(21)29-22/h6,10-13,20,23H,3-5,7-9,14-18H2,1-2H3,(H,28,29). The fourth-order valence-corrected chi connectivity index (χ4v) is 4.86. The molecule has 3 heterocycles. The summed E-state index contributed by atoms with van der Waals surface area (Å²) < 4.78 is 20.1. The van der Waals surface area contributed by atoms with Crippen LogP contribution < -0.4 is 5.32 Å². The van der Waals surface area contributed by atoms with Crippen LogP contribution >= 0.6 is 0 Å². The summed E-state index contributed by atoms with van der Waals surface area (Å²) in [5, 5.41) is 3.42. The third kappa shape index (κ3) is 5.64. The molecule has 5 heteroatoms. The predicted molar refractivity (Wildman–Crippen MR) is 124 cm³/mol. The molecule has 168 valence electrons. The minimum Gasteiger partial charge on any atom is -0.377 e.